The van der Waals surface area contributed by atoms with Gasteiger partial charge in [0.1, 0.15) is 13.2 Å². The van der Waals surface area contributed by atoms with Gasteiger partial charge in [-0.2, -0.15) is 0 Å². The third-order valence-corrected chi connectivity index (χ3v) is 8.66. The molecule has 2 amide bonds. The first kappa shape index (κ1) is 32.8. The van der Waals surface area contributed by atoms with E-state index in [1.54, 1.807) is 23.4 Å². The summed E-state index contributed by atoms with van der Waals surface area (Å²) in [6, 6.07) is 29.8. The van der Waals surface area contributed by atoms with Crippen molar-refractivity contribution >= 4 is 34.9 Å². The second kappa shape index (κ2) is 17.8. The Balaban J connectivity index is 1.33. The first-order chi connectivity index (χ1) is 22.6. The van der Waals surface area contributed by atoms with Crippen LogP contribution in [0.5, 0.6) is 0 Å². The molecule has 0 radical (unpaired) electrons. The monoisotopic (exact) mass is 655 g/mol. The second-order valence-electron chi connectivity index (χ2n) is 10.8. The maximum absolute atomic E-state index is 13.0. The van der Waals surface area contributed by atoms with Crippen molar-refractivity contribution in [3.05, 3.63) is 141 Å². The predicted molar refractivity (Wildman–Crippen MR) is 180 cm³/mol. The molecule has 2 atom stereocenters. The number of nitrogens with zero attached hydrogens (tertiary/aromatic N) is 3. The first-order valence-electron chi connectivity index (χ1n) is 15.0. The van der Waals surface area contributed by atoms with E-state index in [0.717, 1.165) is 26.4 Å². The topological polar surface area (TPSA) is 106 Å². The van der Waals surface area contributed by atoms with Crippen molar-refractivity contribution in [1.29, 1.82) is 0 Å². The summed E-state index contributed by atoms with van der Waals surface area (Å²) in [4.78, 5) is 38.2. The fraction of sp³-hybridized carbons (Fsp3) is 0.257. The average Bonchev–Trinajstić information content (AvgIpc) is 3.79. The van der Waals surface area contributed by atoms with Crippen molar-refractivity contribution in [2.24, 2.45) is 0 Å². The van der Waals surface area contributed by atoms with E-state index in [1.165, 1.54) is 22.7 Å². The normalized spacial score (nSPS) is 12.3. The third kappa shape index (κ3) is 11.4. The van der Waals surface area contributed by atoms with Gasteiger partial charge in [0, 0.05) is 44.1 Å². The molecule has 3 aromatic carbocycles. The highest BCUT2D eigenvalue weighted by atomic mass is 32.1. The van der Waals surface area contributed by atoms with Crippen LogP contribution in [0, 0.1) is 0 Å². The average molecular weight is 656 g/mol. The van der Waals surface area contributed by atoms with E-state index in [0.29, 0.717) is 32.5 Å². The van der Waals surface area contributed by atoms with Gasteiger partial charge in [0.15, 0.2) is 0 Å². The number of hydrogen-bond acceptors (Lipinski definition) is 9. The molecule has 0 aliphatic heterocycles. The Morgan fingerprint density at radius 3 is 1.43 bits per heavy atom. The van der Waals surface area contributed by atoms with Gasteiger partial charge in [0.25, 0.3) is 0 Å². The highest BCUT2D eigenvalue weighted by Gasteiger charge is 2.23. The van der Waals surface area contributed by atoms with Gasteiger partial charge in [-0.3, -0.25) is 14.9 Å². The molecule has 0 saturated carbocycles. The maximum atomic E-state index is 13.0. The zero-order valence-electron chi connectivity index (χ0n) is 25.4. The van der Waals surface area contributed by atoms with Crippen molar-refractivity contribution in [1.82, 2.24) is 25.5 Å². The Morgan fingerprint density at radius 1 is 0.630 bits per heavy atom. The fourth-order valence-electron chi connectivity index (χ4n) is 5.11. The number of aromatic nitrogens is 2. The summed E-state index contributed by atoms with van der Waals surface area (Å²) in [7, 11) is 0. The third-order valence-electron chi connectivity index (χ3n) is 7.16. The van der Waals surface area contributed by atoms with E-state index >= 15 is 0 Å². The minimum Gasteiger partial charge on any atom is -0.444 e. The number of ether oxygens (including phenoxy) is 2. The van der Waals surface area contributed by atoms with Crippen LogP contribution < -0.4 is 10.6 Å². The molecule has 2 aromatic heterocycles. The smallest absolute Gasteiger partial charge is 0.407 e. The summed E-state index contributed by atoms with van der Waals surface area (Å²) >= 11 is 2.88. The first-order valence-corrected chi connectivity index (χ1v) is 16.8. The van der Waals surface area contributed by atoms with Crippen LogP contribution in [0.4, 0.5) is 9.59 Å². The van der Waals surface area contributed by atoms with Gasteiger partial charge >= 0.3 is 12.2 Å². The number of alkyl carbamates (subject to hydrolysis) is 2. The highest BCUT2D eigenvalue weighted by molar-refractivity contribution is 7.09. The van der Waals surface area contributed by atoms with Crippen LogP contribution in [0.3, 0.4) is 0 Å². The Hall–Kier alpha value is -4.58. The van der Waals surface area contributed by atoms with Crippen LogP contribution >= 0.6 is 22.7 Å². The summed E-state index contributed by atoms with van der Waals surface area (Å²) in [5.74, 6) is 0. The summed E-state index contributed by atoms with van der Waals surface area (Å²) < 4.78 is 11.1. The minimum atomic E-state index is -0.486. The van der Waals surface area contributed by atoms with Crippen LogP contribution in [0.2, 0.25) is 0 Å². The fourth-order valence-corrected chi connectivity index (χ4v) is 6.12. The van der Waals surface area contributed by atoms with Crippen molar-refractivity contribution in [2.75, 3.05) is 13.1 Å². The van der Waals surface area contributed by atoms with Crippen molar-refractivity contribution in [3.8, 4) is 0 Å². The van der Waals surface area contributed by atoms with Gasteiger partial charge in [-0.15, -0.1) is 22.7 Å². The van der Waals surface area contributed by atoms with E-state index in [4.69, 9.17) is 9.47 Å². The van der Waals surface area contributed by atoms with Gasteiger partial charge in [0.05, 0.1) is 20.8 Å². The van der Waals surface area contributed by atoms with Gasteiger partial charge in [-0.05, 0) is 29.5 Å². The molecule has 5 aromatic rings. The van der Waals surface area contributed by atoms with Gasteiger partial charge in [-0.25, -0.2) is 9.59 Å². The molecule has 2 N–H and O–H groups in total. The molecule has 46 heavy (non-hydrogen) atoms. The number of rotatable bonds is 16. The van der Waals surface area contributed by atoms with Gasteiger partial charge in [0.2, 0.25) is 0 Å². The molecule has 2 heterocycles. The van der Waals surface area contributed by atoms with Crippen molar-refractivity contribution < 1.29 is 19.1 Å². The molecular weight excluding hydrogens is 619 g/mol. The van der Waals surface area contributed by atoms with Crippen molar-refractivity contribution in [2.45, 2.75) is 44.7 Å². The van der Waals surface area contributed by atoms with Crippen LogP contribution in [0.1, 0.15) is 26.4 Å². The summed E-state index contributed by atoms with van der Waals surface area (Å²) in [5, 5.41) is 6.22. The number of benzene rings is 3. The van der Waals surface area contributed by atoms with E-state index in [9.17, 15) is 9.59 Å². The Bertz CT molecular complexity index is 1470. The Labute approximate surface area is 277 Å². The van der Waals surface area contributed by atoms with Crippen LogP contribution in [0.15, 0.2) is 114 Å². The van der Waals surface area contributed by atoms with Crippen LogP contribution in [0.25, 0.3) is 0 Å². The summed E-state index contributed by atoms with van der Waals surface area (Å²) in [6.07, 6.45) is 3.64. The minimum absolute atomic E-state index is 0.162. The van der Waals surface area contributed by atoms with E-state index in [-0.39, 0.29) is 25.3 Å². The lowest BCUT2D eigenvalue weighted by Gasteiger charge is -2.32. The molecule has 0 aliphatic carbocycles. The molecule has 0 bridgehead atoms. The summed E-state index contributed by atoms with van der Waals surface area (Å²) in [6.45, 7) is 1.97. The molecule has 0 spiro atoms. The molecule has 9 nitrogen and oxygen atoms in total. The predicted octanol–water partition coefficient (Wildman–Crippen LogP) is 6.48. The van der Waals surface area contributed by atoms with Crippen LogP contribution in [-0.2, 0) is 42.1 Å². The number of carbonyl (C=O) groups is 2. The molecule has 0 aliphatic rings. The van der Waals surface area contributed by atoms with Gasteiger partial charge < -0.3 is 20.1 Å². The lowest BCUT2D eigenvalue weighted by molar-refractivity contribution is 0.126. The SMILES string of the molecule is O=C(N[C@@H](Cc1ccccc1)CN(Cc1ccccc1)C[C@H](Cc1ccccc1)NC(=O)OCc1cncs1)OCc1cncs1. The molecule has 5 rings (SSSR count). The molecule has 0 saturated heterocycles. The lowest BCUT2D eigenvalue weighted by Crippen LogP contribution is -2.50. The highest BCUT2D eigenvalue weighted by Crippen LogP contribution is 2.14. The summed E-state index contributed by atoms with van der Waals surface area (Å²) in [5.41, 5.74) is 6.75. The molecule has 11 heteroatoms. The standard InChI is InChI=1S/C35H37N5O4S2/c41-34(43-23-32-18-36-25-45-32)38-30(16-27-10-4-1-5-11-27)21-40(20-29-14-8-3-9-15-29)22-31(17-28-12-6-2-7-13-28)39-35(42)44-24-33-19-37-26-46-33/h1-15,18-19,25-26,30-31H,16-17,20-24H2,(H,38,41)(H,39,42)/t30-,31-/m0/s1. The molecule has 0 unspecified atom stereocenters. The van der Waals surface area contributed by atoms with E-state index in [2.05, 4.69) is 61.9 Å². The molecule has 0 fully saturated rings. The molecule has 238 valence electrons. The van der Waals surface area contributed by atoms with Crippen molar-refractivity contribution in [3.63, 3.8) is 0 Å². The molecular formula is C35H37N5O4S2. The van der Waals surface area contributed by atoms with E-state index in [1.807, 2.05) is 54.6 Å². The largest absolute Gasteiger partial charge is 0.444 e. The lowest BCUT2D eigenvalue weighted by atomic mass is 10.0. The Morgan fingerprint density at radius 2 is 1.04 bits per heavy atom. The Kier molecular flexibility index (Phi) is 12.7. The van der Waals surface area contributed by atoms with Crippen LogP contribution in [-0.4, -0.2) is 52.2 Å². The quantitative estimate of drug-likeness (QED) is 0.125. The number of thiazole rings is 2. The number of hydrogen-bond donors (Lipinski definition) is 2. The number of amides is 2. The van der Waals surface area contributed by atoms with E-state index < -0.39 is 12.2 Å². The number of nitrogens with one attached hydrogen (secondary N) is 2. The maximum Gasteiger partial charge on any atom is 0.407 e. The van der Waals surface area contributed by atoms with Gasteiger partial charge in [-0.1, -0.05) is 91.0 Å². The zero-order chi connectivity index (χ0) is 31.8. The number of carbonyl (C=O) groups excluding carboxylic acids is 2. The second-order valence-corrected chi connectivity index (χ2v) is 12.8. The zero-order valence-corrected chi connectivity index (χ0v) is 27.0.